The molecule has 0 aromatic rings. The van der Waals surface area contributed by atoms with Crippen molar-refractivity contribution in [2.45, 2.75) is 18.6 Å². The summed E-state index contributed by atoms with van der Waals surface area (Å²) >= 11 is 1.79. The Morgan fingerprint density at radius 1 is 1.82 bits per heavy atom. The molecule has 1 saturated heterocycles. The van der Waals surface area contributed by atoms with Crippen LogP contribution >= 0.6 is 11.8 Å². The van der Waals surface area contributed by atoms with Gasteiger partial charge in [0.15, 0.2) is 0 Å². The van der Waals surface area contributed by atoms with E-state index in [2.05, 4.69) is 13.5 Å². The second kappa shape index (κ2) is 3.30. The van der Waals surface area contributed by atoms with Crippen molar-refractivity contribution in [2.24, 2.45) is 0 Å². The number of thioether (sulfide) groups is 1. The van der Waals surface area contributed by atoms with Crippen molar-refractivity contribution in [1.29, 1.82) is 0 Å². The third kappa shape index (κ3) is 1.59. The minimum atomic E-state index is 0.195. The van der Waals surface area contributed by atoms with E-state index in [0.717, 1.165) is 11.4 Å². The zero-order valence-corrected chi connectivity index (χ0v) is 7.78. The van der Waals surface area contributed by atoms with Gasteiger partial charge in [-0.05, 0) is 5.75 Å². The highest BCUT2D eigenvalue weighted by atomic mass is 32.2. The lowest BCUT2D eigenvalue weighted by Gasteiger charge is -2.12. The Hall–Kier alpha value is -0.440. The topological polar surface area (TPSA) is 20.3 Å². The first-order valence-electron chi connectivity index (χ1n) is 3.73. The summed E-state index contributed by atoms with van der Waals surface area (Å²) in [4.78, 5) is 12.8. The van der Waals surface area contributed by atoms with Crippen LogP contribution in [0.2, 0.25) is 0 Å². The van der Waals surface area contributed by atoms with E-state index in [4.69, 9.17) is 0 Å². The first-order valence-corrected chi connectivity index (χ1v) is 4.78. The standard InChI is InChI=1S/C8H13NOS/c1-4-11-7-5-8(10)9(3)6(7)2/h7H,2,4-5H2,1,3H3. The van der Waals surface area contributed by atoms with Gasteiger partial charge in [-0.1, -0.05) is 13.5 Å². The van der Waals surface area contributed by atoms with E-state index in [1.807, 2.05) is 0 Å². The van der Waals surface area contributed by atoms with E-state index in [-0.39, 0.29) is 5.91 Å². The Labute approximate surface area is 71.6 Å². The molecule has 0 aromatic carbocycles. The normalized spacial score (nSPS) is 24.9. The molecule has 1 heterocycles. The maximum Gasteiger partial charge on any atom is 0.227 e. The number of nitrogens with zero attached hydrogens (tertiary/aromatic N) is 1. The third-order valence-corrected chi connectivity index (χ3v) is 3.08. The number of hydrogen-bond donors (Lipinski definition) is 0. The SMILES string of the molecule is C=C1C(SCC)CC(=O)N1C. The fraction of sp³-hybridized carbons (Fsp3) is 0.625. The van der Waals surface area contributed by atoms with E-state index >= 15 is 0 Å². The molecule has 0 aliphatic carbocycles. The van der Waals surface area contributed by atoms with Crippen molar-refractivity contribution in [2.75, 3.05) is 12.8 Å². The molecular weight excluding hydrogens is 158 g/mol. The summed E-state index contributed by atoms with van der Waals surface area (Å²) in [6.45, 7) is 5.97. The molecule has 1 amide bonds. The maximum absolute atomic E-state index is 11.1. The number of carbonyl (C=O) groups excluding carboxylic acids is 1. The Morgan fingerprint density at radius 3 is 2.82 bits per heavy atom. The van der Waals surface area contributed by atoms with Crippen molar-refractivity contribution >= 4 is 17.7 Å². The minimum Gasteiger partial charge on any atom is -0.319 e. The van der Waals surface area contributed by atoms with Crippen LogP contribution < -0.4 is 0 Å². The number of rotatable bonds is 2. The van der Waals surface area contributed by atoms with E-state index in [9.17, 15) is 4.79 Å². The number of hydrogen-bond acceptors (Lipinski definition) is 2. The number of amides is 1. The predicted octanol–water partition coefficient (Wildman–Crippen LogP) is 1.48. The van der Waals surface area contributed by atoms with Gasteiger partial charge in [0.2, 0.25) is 5.91 Å². The molecule has 11 heavy (non-hydrogen) atoms. The minimum absolute atomic E-state index is 0.195. The van der Waals surface area contributed by atoms with Crippen molar-refractivity contribution in [1.82, 2.24) is 4.90 Å². The quantitative estimate of drug-likeness (QED) is 0.627. The van der Waals surface area contributed by atoms with Crippen LogP contribution in [0.5, 0.6) is 0 Å². The zero-order valence-electron chi connectivity index (χ0n) is 6.96. The fourth-order valence-electron chi connectivity index (χ4n) is 1.15. The molecule has 1 aliphatic heterocycles. The number of carbonyl (C=O) groups is 1. The van der Waals surface area contributed by atoms with Gasteiger partial charge >= 0.3 is 0 Å². The van der Waals surface area contributed by atoms with Gasteiger partial charge in [0.1, 0.15) is 0 Å². The van der Waals surface area contributed by atoms with Gasteiger partial charge in [0.05, 0.1) is 5.25 Å². The summed E-state index contributed by atoms with van der Waals surface area (Å²) in [5, 5.41) is 0.331. The highest BCUT2D eigenvalue weighted by Crippen LogP contribution is 2.29. The number of likely N-dealkylation sites (tertiary alicyclic amines) is 1. The summed E-state index contributed by atoms with van der Waals surface area (Å²) in [7, 11) is 1.79. The molecule has 3 heteroatoms. The summed E-state index contributed by atoms with van der Waals surface area (Å²) < 4.78 is 0. The van der Waals surface area contributed by atoms with E-state index in [1.165, 1.54) is 0 Å². The Kier molecular flexibility index (Phi) is 2.60. The van der Waals surface area contributed by atoms with Crippen LogP contribution in [0.15, 0.2) is 12.3 Å². The van der Waals surface area contributed by atoms with Gasteiger partial charge in [-0.25, -0.2) is 0 Å². The van der Waals surface area contributed by atoms with Crippen LogP contribution in [0.1, 0.15) is 13.3 Å². The summed E-state index contributed by atoms with van der Waals surface area (Å²) in [5.74, 6) is 1.24. The molecule has 0 N–H and O–H groups in total. The Balaban J connectivity index is 2.60. The summed E-state index contributed by atoms with van der Waals surface area (Å²) in [5.41, 5.74) is 0.960. The molecule has 1 rings (SSSR count). The van der Waals surface area contributed by atoms with Crippen molar-refractivity contribution in [3.63, 3.8) is 0 Å². The van der Waals surface area contributed by atoms with Crippen LogP contribution in [0, 0.1) is 0 Å². The van der Waals surface area contributed by atoms with Crippen molar-refractivity contribution < 1.29 is 4.79 Å². The average Bonchev–Trinajstić information content (AvgIpc) is 2.19. The van der Waals surface area contributed by atoms with Gasteiger partial charge in [-0.3, -0.25) is 4.79 Å². The summed E-state index contributed by atoms with van der Waals surface area (Å²) in [6, 6.07) is 0. The monoisotopic (exact) mass is 171 g/mol. The lowest BCUT2D eigenvalue weighted by atomic mass is 10.3. The van der Waals surface area contributed by atoms with Crippen LogP contribution in [0.25, 0.3) is 0 Å². The summed E-state index contributed by atoms with van der Waals surface area (Å²) in [6.07, 6.45) is 0.633. The molecule has 1 fully saturated rings. The van der Waals surface area contributed by atoms with Crippen molar-refractivity contribution in [3.05, 3.63) is 12.3 Å². The molecule has 2 nitrogen and oxygen atoms in total. The molecule has 0 saturated carbocycles. The highest BCUT2D eigenvalue weighted by molar-refractivity contribution is 8.00. The van der Waals surface area contributed by atoms with Gasteiger partial charge < -0.3 is 4.90 Å². The molecular formula is C8H13NOS. The van der Waals surface area contributed by atoms with Gasteiger partial charge in [-0.15, -0.1) is 0 Å². The second-order valence-electron chi connectivity index (χ2n) is 2.59. The molecule has 0 aromatic heterocycles. The fourth-order valence-corrected chi connectivity index (χ4v) is 2.16. The molecule has 62 valence electrons. The largest absolute Gasteiger partial charge is 0.319 e. The molecule has 0 radical (unpaired) electrons. The molecule has 1 atom stereocenters. The maximum atomic E-state index is 11.1. The first-order chi connectivity index (χ1) is 5.16. The Bertz CT molecular complexity index is 191. The van der Waals surface area contributed by atoms with E-state index in [0.29, 0.717) is 11.7 Å². The molecule has 1 aliphatic rings. The van der Waals surface area contributed by atoms with Crippen LogP contribution in [-0.2, 0) is 4.79 Å². The van der Waals surface area contributed by atoms with E-state index in [1.54, 1.807) is 23.7 Å². The molecule has 0 spiro atoms. The molecule has 1 unspecified atom stereocenters. The molecule has 0 bridgehead atoms. The van der Waals surface area contributed by atoms with E-state index < -0.39 is 0 Å². The average molecular weight is 171 g/mol. The van der Waals surface area contributed by atoms with Gasteiger partial charge in [0, 0.05) is 19.2 Å². The smallest absolute Gasteiger partial charge is 0.227 e. The van der Waals surface area contributed by atoms with Crippen molar-refractivity contribution in [3.8, 4) is 0 Å². The van der Waals surface area contributed by atoms with Gasteiger partial charge in [0.25, 0.3) is 0 Å². The predicted molar refractivity (Wildman–Crippen MR) is 48.4 cm³/mol. The van der Waals surface area contributed by atoms with Crippen LogP contribution in [-0.4, -0.2) is 28.9 Å². The first kappa shape index (κ1) is 8.65. The van der Waals surface area contributed by atoms with Gasteiger partial charge in [-0.2, -0.15) is 11.8 Å². The second-order valence-corrected chi connectivity index (χ2v) is 4.07. The van der Waals surface area contributed by atoms with Crippen LogP contribution in [0.4, 0.5) is 0 Å². The highest BCUT2D eigenvalue weighted by Gasteiger charge is 2.30. The van der Waals surface area contributed by atoms with Crippen LogP contribution in [0.3, 0.4) is 0 Å². The lowest BCUT2D eigenvalue weighted by Crippen LogP contribution is -2.16. The Morgan fingerprint density at radius 2 is 2.45 bits per heavy atom. The lowest BCUT2D eigenvalue weighted by molar-refractivity contribution is -0.125. The zero-order chi connectivity index (χ0) is 8.43. The third-order valence-electron chi connectivity index (χ3n) is 1.90.